The van der Waals surface area contributed by atoms with Crippen LogP contribution in [-0.2, 0) is 12.8 Å². The van der Waals surface area contributed by atoms with Gasteiger partial charge >= 0.3 is 0 Å². The molecule has 4 heteroatoms. The van der Waals surface area contributed by atoms with Gasteiger partial charge in [-0.05, 0) is 36.2 Å². The van der Waals surface area contributed by atoms with Crippen LogP contribution < -0.4 is 16.0 Å². The van der Waals surface area contributed by atoms with Gasteiger partial charge in [0.25, 0.3) is 0 Å². The number of nitrogens with zero attached hydrogens (tertiary/aromatic N) is 1. The summed E-state index contributed by atoms with van der Waals surface area (Å²) in [6, 6.07) is 14.1. The first-order valence-electron chi connectivity index (χ1n) is 6.31. The monoisotopic (exact) mass is 257 g/mol. The lowest BCUT2D eigenvalue weighted by Crippen LogP contribution is -2.38. The van der Waals surface area contributed by atoms with Gasteiger partial charge < -0.3 is 4.74 Å². The summed E-state index contributed by atoms with van der Waals surface area (Å²) >= 11 is 0. The summed E-state index contributed by atoms with van der Waals surface area (Å²) < 4.78 is 5.22. The highest BCUT2D eigenvalue weighted by Crippen LogP contribution is 2.15. The molecule has 0 radical (unpaired) electrons. The molecule has 0 bridgehead atoms. The molecular formula is C15H19N3O. The number of hydrogen-bond donors (Lipinski definition) is 2. The van der Waals surface area contributed by atoms with E-state index in [2.05, 4.69) is 16.5 Å². The molecule has 1 aromatic carbocycles. The third-order valence-electron chi connectivity index (χ3n) is 3.03. The fourth-order valence-electron chi connectivity index (χ4n) is 2.05. The average Bonchev–Trinajstić information content (AvgIpc) is 2.48. The van der Waals surface area contributed by atoms with Crippen molar-refractivity contribution in [1.29, 1.82) is 0 Å². The SMILES string of the molecule is COc1cccc(CC(Cc2ccccn2)NN)c1. The minimum absolute atomic E-state index is 0.155. The zero-order valence-electron chi connectivity index (χ0n) is 11.0. The Morgan fingerprint density at radius 1 is 1.21 bits per heavy atom. The van der Waals surface area contributed by atoms with Crippen LogP contribution in [0.15, 0.2) is 48.7 Å². The molecule has 100 valence electrons. The van der Waals surface area contributed by atoms with Crippen molar-refractivity contribution < 1.29 is 4.74 Å². The number of ether oxygens (including phenoxy) is 1. The second-order valence-electron chi connectivity index (χ2n) is 4.44. The van der Waals surface area contributed by atoms with Crippen molar-refractivity contribution in [1.82, 2.24) is 10.4 Å². The van der Waals surface area contributed by atoms with Gasteiger partial charge in [-0.25, -0.2) is 0 Å². The van der Waals surface area contributed by atoms with Gasteiger partial charge in [0, 0.05) is 24.4 Å². The Kier molecular flexibility index (Phi) is 4.89. The Morgan fingerprint density at radius 2 is 2.11 bits per heavy atom. The van der Waals surface area contributed by atoms with Crippen LogP contribution in [0.4, 0.5) is 0 Å². The van der Waals surface area contributed by atoms with Crippen molar-refractivity contribution in [3.05, 3.63) is 59.9 Å². The third-order valence-corrected chi connectivity index (χ3v) is 3.03. The van der Waals surface area contributed by atoms with Crippen LogP contribution in [0.25, 0.3) is 0 Å². The molecular weight excluding hydrogens is 238 g/mol. The van der Waals surface area contributed by atoms with Crippen molar-refractivity contribution in [3.8, 4) is 5.75 Å². The predicted molar refractivity (Wildman–Crippen MR) is 75.8 cm³/mol. The molecule has 0 aliphatic carbocycles. The molecule has 0 saturated heterocycles. The van der Waals surface area contributed by atoms with Gasteiger partial charge in [0.15, 0.2) is 0 Å². The van der Waals surface area contributed by atoms with Crippen LogP contribution in [-0.4, -0.2) is 18.1 Å². The lowest BCUT2D eigenvalue weighted by atomic mass is 10.0. The number of nitrogens with one attached hydrogen (secondary N) is 1. The molecule has 0 saturated carbocycles. The van der Waals surface area contributed by atoms with Crippen molar-refractivity contribution in [3.63, 3.8) is 0 Å². The van der Waals surface area contributed by atoms with Crippen molar-refractivity contribution in [2.24, 2.45) is 5.84 Å². The maximum atomic E-state index is 5.63. The number of hydrogen-bond acceptors (Lipinski definition) is 4. The summed E-state index contributed by atoms with van der Waals surface area (Å²) in [7, 11) is 1.67. The van der Waals surface area contributed by atoms with Gasteiger partial charge in [-0.2, -0.15) is 0 Å². The van der Waals surface area contributed by atoms with Crippen molar-refractivity contribution in [2.75, 3.05) is 7.11 Å². The van der Waals surface area contributed by atoms with Crippen molar-refractivity contribution >= 4 is 0 Å². The number of aromatic nitrogens is 1. The quantitative estimate of drug-likeness (QED) is 0.611. The van der Waals surface area contributed by atoms with Crippen LogP contribution in [0.5, 0.6) is 5.75 Å². The second-order valence-corrected chi connectivity index (χ2v) is 4.44. The fourth-order valence-corrected chi connectivity index (χ4v) is 2.05. The number of hydrazine groups is 1. The maximum Gasteiger partial charge on any atom is 0.119 e. The standard InChI is InChI=1S/C15H19N3O/c1-19-15-7-4-5-12(10-15)9-14(18-16)11-13-6-2-3-8-17-13/h2-8,10,14,18H,9,11,16H2,1H3. The Balaban J connectivity index is 2.02. The number of methoxy groups -OCH3 is 1. The molecule has 19 heavy (non-hydrogen) atoms. The second kappa shape index (κ2) is 6.87. The van der Waals surface area contributed by atoms with Crippen LogP contribution in [0, 0.1) is 0 Å². The van der Waals surface area contributed by atoms with Gasteiger partial charge in [-0.15, -0.1) is 0 Å². The van der Waals surface area contributed by atoms with Crippen LogP contribution in [0.1, 0.15) is 11.3 Å². The summed E-state index contributed by atoms with van der Waals surface area (Å²) in [6.45, 7) is 0. The largest absolute Gasteiger partial charge is 0.497 e. The minimum Gasteiger partial charge on any atom is -0.497 e. The molecule has 2 rings (SSSR count). The summed E-state index contributed by atoms with van der Waals surface area (Å²) in [5, 5.41) is 0. The lowest BCUT2D eigenvalue weighted by Gasteiger charge is -2.16. The van der Waals surface area contributed by atoms with E-state index in [9.17, 15) is 0 Å². The highest BCUT2D eigenvalue weighted by molar-refractivity contribution is 5.29. The number of nitrogens with two attached hydrogens (primary N) is 1. The number of benzene rings is 1. The predicted octanol–water partition coefficient (Wildman–Crippen LogP) is 1.71. The van der Waals surface area contributed by atoms with E-state index in [0.29, 0.717) is 0 Å². The zero-order chi connectivity index (χ0) is 13.5. The molecule has 0 amide bonds. The summed E-state index contributed by atoms with van der Waals surface area (Å²) in [5.41, 5.74) is 5.08. The van der Waals surface area contributed by atoms with Gasteiger partial charge in [0.2, 0.25) is 0 Å². The summed E-state index contributed by atoms with van der Waals surface area (Å²) in [6.07, 6.45) is 3.44. The van der Waals surface area contributed by atoms with E-state index in [0.717, 1.165) is 24.3 Å². The average molecular weight is 257 g/mol. The lowest BCUT2D eigenvalue weighted by molar-refractivity contribution is 0.413. The minimum atomic E-state index is 0.155. The van der Waals surface area contributed by atoms with E-state index in [4.69, 9.17) is 10.6 Å². The Morgan fingerprint density at radius 3 is 2.79 bits per heavy atom. The summed E-state index contributed by atoms with van der Waals surface area (Å²) in [5.74, 6) is 6.50. The molecule has 1 atom stereocenters. The Labute approximate surface area is 113 Å². The molecule has 1 aromatic heterocycles. The molecule has 2 aromatic rings. The topological polar surface area (TPSA) is 60.2 Å². The van der Waals surface area contributed by atoms with Crippen LogP contribution in [0.3, 0.4) is 0 Å². The highest BCUT2D eigenvalue weighted by Gasteiger charge is 2.10. The molecule has 0 fully saturated rings. The number of rotatable bonds is 6. The van der Waals surface area contributed by atoms with Crippen LogP contribution in [0.2, 0.25) is 0 Å². The van der Waals surface area contributed by atoms with E-state index in [-0.39, 0.29) is 6.04 Å². The molecule has 1 unspecified atom stereocenters. The highest BCUT2D eigenvalue weighted by atomic mass is 16.5. The van der Waals surface area contributed by atoms with E-state index < -0.39 is 0 Å². The molecule has 0 aliphatic heterocycles. The smallest absolute Gasteiger partial charge is 0.119 e. The number of pyridine rings is 1. The normalized spacial score (nSPS) is 12.1. The van der Waals surface area contributed by atoms with E-state index in [1.807, 2.05) is 36.4 Å². The molecule has 0 aliphatic rings. The Hall–Kier alpha value is -1.91. The van der Waals surface area contributed by atoms with Gasteiger partial charge in [-0.1, -0.05) is 18.2 Å². The van der Waals surface area contributed by atoms with Crippen LogP contribution >= 0.6 is 0 Å². The third kappa shape index (κ3) is 4.05. The van der Waals surface area contributed by atoms with Gasteiger partial charge in [0.05, 0.1) is 7.11 Å². The zero-order valence-corrected chi connectivity index (χ0v) is 11.0. The first kappa shape index (κ1) is 13.5. The molecule has 1 heterocycles. The van der Waals surface area contributed by atoms with E-state index >= 15 is 0 Å². The fraction of sp³-hybridized carbons (Fsp3) is 0.267. The molecule has 4 nitrogen and oxygen atoms in total. The first-order chi connectivity index (χ1) is 9.31. The van der Waals surface area contributed by atoms with Gasteiger partial charge in [-0.3, -0.25) is 16.3 Å². The first-order valence-corrected chi connectivity index (χ1v) is 6.31. The van der Waals surface area contributed by atoms with Gasteiger partial charge in [0.1, 0.15) is 5.75 Å². The van der Waals surface area contributed by atoms with E-state index in [1.165, 1.54) is 5.56 Å². The maximum absolute atomic E-state index is 5.63. The molecule has 0 spiro atoms. The molecule has 3 N–H and O–H groups in total. The van der Waals surface area contributed by atoms with E-state index in [1.54, 1.807) is 13.3 Å². The van der Waals surface area contributed by atoms with Crippen molar-refractivity contribution in [2.45, 2.75) is 18.9 Å². The summed E-state index contributed by atoms with van der Waals surface area (Å²) in [4.78, 5) is 4.32. The Bertz CT molecular complexity index is 502.